The van der Waals surface area contributed by atoms with Crippen LogP contribution in [0.5, 0.6) is 0 Å². The number of ether oxygens (including phenoxy) is 1. The van der Waals surface area contributed by atoms with Crippen molar-refractivity contribution >= 4 is 7.12 Å². The molecule has 100 valence electrons. The zero-order chi connectivity index (χ0) is 13.1. The quantitative estimate of drug-likeness (QED) is 0.571. The first-order chi connectivity index (χ1) is 7.78. The minimum atomic E-state index is -0.260. The van der Waals surface area contributed by atoms with Crippen molar-refractivity contribution < 1.29 is 14.0 Å². The summed E-state index contributed by atoms with van der Waals surface area (Å²) in [7, 11) is 1.53. The van der Waals surface area contributed by atoms with Crippen LogP contribution in [-0.2, 0) is 14.0 Å². The largest absolute Gasteiger partial charge is 0.459 e. The van der Waals surface area contributed by atoms with Crippen LogP contribution in [0.2, 0.25) is 6.32 Å². The van der Waals surface area contributed by atoms with E-state index in [4.69, 9.17) is 19.8 Å². The van der Waals surface area contributed by atoms with Crippen molar-refractivity contribution in [3.8, 4) is 0 Å². The molecular formula is C12H26BNO3. The molecule has 2 N–H and O–H groups in total. The summed E-state index contributed by atoms with van der Waals surface area (Å²) in [5.41, 5.74) is 5.54. The highest BCUT2D eigenvalue weighted by atomic mass is 16.7. The minimum Gasteiger partial charge on any atom is -0.403 e. The van der Waals surface area contributed by atoms with Crippen LogP contribution in [0.15, 0.2) is 0 Å². The number of hydrogen-bond acceptors (Lipinski definition) is 4. The van der Waals surface area contributed by atoms with E-state index in [1.807, 2.05) is 0 Å². The van der Waals surface area contributed by atoms with E-state index in [2.05, 4.69) is 27.7 Å². The van der Waals surface area contributed by atoms with E-state index in [0.717, 1.165) is 25.8 Å². The van der Waals surface area contributed by atoms with E-state index in [1.54, 1.807) is 7.11 Å². The molecule has 0 bridgehead atoms. The topological polar surface area (TPSA) is 53.7 Å². The third-order valence-corrected chi connectivity index (χ3v) is 3.72. The van der Waals surface area contributed by atoms with Crippen LogP contribution in [0.1, 0.15) is 40.5 Å². The second-order valence-corrected chi connectivity index (χ2v) is 5.82. The first-order valence-corrected chi connectivity index (χ1v) is 6.38. The maximum absolute atomic E-state index is 6.06. The van der Waals surface area contributed by atoms with Crippen LogP contribution >= 0.6 is 0 Å². The van der Waals surface area contributed by atoms with Crippen molar-refractivity contribution in [1.82, 2.24) is 0 Å². The molecule has 1 fully saturated rings. The van der Waals surface area contributed by atoms with E-state index in [9.17, 15) is 0 Å². The van der Waals surface area contributed by atoms with Crippen molar-refractivity contribution in [3.63, 3.8) is 0 Å². The Kier molecular flexibility index (Phi) is 5.01. The molecular weight excluding hydrogens is 217 g/mol. The molecule has 17 heavy (non-hydrogen) atoms. The zero-order valence-corrected chi connectivity index (χ0v) is 11.8. The van der Waals surface area contributed by atoms with Gasteiger partial charge in [0, 0.05) is 19.8 Å². The summed E-state index contributed by atoms with van der Waals surface area (Å²) in [6.45, 7) is 9.00. The molecule has 4 nitrogen and oxygen atoms in total. The highest BCUT2D eigenvalue weighted by Gasteiger charge is 2.51. The summed E-state index contributed by atoms with van der Waals surface area (Å²) in [5.74, 6) is 0. The average molecular weight is 243 g/mol. The Morgan fingerprint density at radius 1 is 1.18 bits per heavy atom. The first-order valence-electron chi connectivity index (χ1n) is 6.38. The van der Waals surface area contributed by atoms with Crippen LogP contribution in [0, 0.1) is 0 Å². The van der Waals surface area contributed by atoms with Gasteiger partial charge < -0.3 is 19.8 Å². The number of nitrogens with two attached hydrogens (primary N) is 1. The third-order valence-electron chi connectivity index (χ3n) is 3.72. The normalized spacial score (nSPS) is 24.0. The average Bonchev–Trinajstić information content (AvgIpc) is 2.35. The second-order valence-electron chi connectivity index (χ2n) is 5.82. The standard InChI is InChI=1S/C12H26BNO3/c1-11(2)12(3,4)17-13(16-11)9-10(14)7-6-8-15-5/h10H,6-9,14H2,1-5H3. The second kappa shape index (κ2) is 5.70. The molecule has 0 aliphatic carbocycles. The molecule has 0 aromatic rings. The van der Waals surface area contributed by atoms with Gasteiger partial charge in [-0.3, -0.25) is 0 Å². The predicted molar refractivity (Wildman–Crippen MR) is 70.0 cm³/mol. The van der Waals surface area contributed by atoms with E-state index < -0.39 is 0 Å². The van der Waals surface area contributed by atoms with Gasteiger partial charge in [0.15, 0.2) is 0 Å². The molecule has 1 saturated heterocycles. The summed E-state index contributed by atoms with van der Waals surface area (Å²) in [5, 5.41) is 0. The van der Waals surface area contributed by atoms with Gasteiger partial charge in [-0.15, -0.1) is 0 Å². The maximum Gasteiger partial charge on any atom is 0.459 e. The van der Waals surface area contributed by atoms with E-state index in [1.165, 1.54) is 0 Å². The van der Waals surface area contributed by atoms with Crippen LogP contribution < -0.4 is 5.73 Å². The number of rotatable bonds is 6. The summed E-state index contributed by atoms with van der Waals surface area (Å²) in [4.78, 5) is 0. The lowest BCUT2D eigenvalue weighted by Crippen LogP contribution is -2.41. The Bertz CT molecular complexity index is 230. The molecule has 1 rings (SSSR count). The zero-order valence-electron chi connectivity index (χ0n) is 11.8. The third kappa shape index (κ3) is 3.95. The molecule has 5 heteroatoms. The fourth-order valence-electron chi connectivity index (χ4n) is 1.92. The molecule has 0 radical (unpaired) electrons. The summed E-state index contributed by atoms with van der Waals surface area (Å²) < 4.78 is 16.8. The molecule has 1 aliphatic rings. The molecule has 1 unspecified atom stereocenters. The molecule has 0 aromatic heterocycles. The predicted octanol–water partition coefficient (Wildman–Crippen LogP) is 1.83. The summed E-state index contributed by atoms with van der Waals surface area (Å²) in [6, 6.07) is 0.111. The van der Waals surface area contributed by atoms with E-state index >= 15 is 0 Å². The Balaban J connectivity index is 2.34. The smallest absolute Gasteiger partial charge is 0.403 e. The van der Waals surface area contributed by atoms with Crippen molar-refractivity contribution in [2.75, 3.05) is 13.7 Å². The lowest BCUT2D eigenvalue weighted by atomic mass is 9.79. The summed E-state index contributed by atoms with van der Waals surface area (Å²) >= 11 is 0. The lowest BCUT2D eigenvalue weighted by molar-refractivity contribution is 0.00578. The first kappa shape index (κ1) is 15.0. The fraction of sp³-hybridized carbons (Fsp3) is 1.00. The number of methoxy groups -OCH3 is 1. The molecule has 0 amide bonds. The molecule has 1 aliphatic heterocycles. The van der Waals surface area contributed by atoms with E-state index in [0.29, 0.717) is 0 Å². The van der Waals surface area contributed by atoms with Crippen molar-refractivity contribution in [2.24, 2.45) is 5.73 Å². The van der Waals surface area contributed by atoms with Gasteiger partial charge in [-0.25, -0.2) is 0 Å². The molecule has 1 heterocycles. The van der Waals surface area contributed by atoms with Crippen LogP contribution in [0.4, 0.5) is 0 Å². The fourth-order valence-corrected chi connectivity index (χ4v) is 1.92. The highest BCUT2D eigenvalue weighted by Crippen LogP contribution is 2.37. The van der Waals surface area contributed by atoms with Gasteiger partial charge in [-0.05, 0) is 46.9 Å². The summed E-state index contributed by atoms with van der Waals surface area (Å²) in [6.07, 6.45) is 2.67. The van der Waals surface area contributed by atoms with Crippen molar-refractivity contribution in [2.45, 2.75) is 64.1 Å². The maximum atomic E-state index is 6.06. The molecule has 0 aromatic carbocycles. The molecule has 1 atom stereocenters. The number of hydrogen-bond donors (Lipinski definition) is 1. The van der Waals surface area contributed by atoms with Crippen molar-refractivity contribution in [3.05, 3.63) is 0 Å². The van der Waals surface area contributed by atoms with Gasteiger partial charge in [0.05, 0.1) is 11.2 Å². The van der Waals surface area contributed by atoms with Gasteiger partial charge >= 0.3 is 7.12 Å². The van der Waals surface area contributed by atoms with Crippen molar-refractivity contribution in [1.29, 1.82) is 0 Å². The van der Waals surface area contributed by atoms with Gasteiger partial charge in [0.2, 0.25) is 0 Å². The van der Waals surface area contributed by atoms with Crippen LogP contribution in [0.3, 0.4) is 0 Å². The Labute approximate surface area is 105 Å². The van der Waals surface area contributed by atoms with Crippen LogP contribution in [0.25, 0.3) is 0 Å². The molecule has 0 saturated carbocycles. The van der Waals surface area contributed by atoms with Gasteiger partial charge in [0.25, 0.3) is 0 Å². The van der Waals surface area contributed by atoms with Gasteiger partial charge in [-0.1, -0.05) is 0 Å². The van der Waals surface area contributed by atoms with E-state index in [-0.39, 0.29) is 24.4 Å². The van der Waals surface area contributed by atoms with Crippen LogP contribution in [-0.4, -0.2) is 38.1 Å². The Hall–Kier alpha value is -0.0951. The van der Waals surface area contributed by atoms with Gasteiger partial charge in [-0.2, -0.15) is 0 Å². The van der Waals surface area contributed by atoms with Gasteiger partial charge in [0.1, 0.15) is 0 Å². The highest BCUT2D eigenvalue weighted by molar-refractivity contribution is 6.45. The molecule has 0 spiro atoms. The Morgan fingerprint density at radius 3 is 2.18 bits per heavy atom. The lowest BCUT2D eigenvalue weighted by Gasteiger charge is -2.32. The Morgan fingerprint density at radius 2 is 1.71 bits per heavy atom. The SMILES string of the molecule is COCCCC(N)CB1OC(C)(C)C(C)(C)O1. The minimum absolute atomic E-state index is 0.111. The monoisotopic (exact) mass is 243 g/mol.